The van der Waals surface area contributed by atoms with Gasteiger partial charge >= 0.3 is 0 Å². The number of piperidine rings is 2. The molecule has 2 N–H and O–H groups in total. The van der Waals surface area contributed by atoms with Gasteiger partial charge in [0.15, 0.2) is 0 Å². The van der Waals surface area contributed by atoms with Gasteiger partial charge in [0.05, 0.1) is 22.8 Å². The fraction of sp³-hybridized carbons (Fsp3) is 0.400. The number of nitrogens with zero attached hydrogens (tertiary/aromatic N) is 4. The number of benzene rings is 2. The van der Waals surface area contributed by atoms with Crippen molar-refractivity contribution in [2.45, 2.75) is 71.6 Å². The van der Waals surface area contributed by atoms with Gasteiger partial charge in [-0.25, -0.2) is 0 Å². The van der Waals surface area contributed by atoms with Crippen molar-refractivity contribution in [1.82, 2.24) is 30.4 Å². The van der Waals surface area contributed by atoms with Crippen LogP contribution in [0.25, 0.3) is 0 Å². The van der Waals surface area contributed by atoms with Crippen molar-refractivity contribution < 1.29 is 14.3 Å². The number of hydrogen-bond donors (Lipinski definition) is 2. The van der Waals surface area contributed by atoms with Crippen molar-refractivity contribution in [3.63, 3.8) is 0 Å². The van der Waals surface area contributed by atoms with Gasteiger partial charge in [0, 0.05) is 76.1 Å². The largest absolute Gasteiger partial charge is 0.492 e. The summed E-state index contributed by atoms with van der Waals surface area (Å²) in [6.45, 7) is 12.2. The third-order valence-electron chi connectivity index (χ3n) is 9.07. The lowest BCUT2D eigenvalue weighted by molar-refractivity contribution is 0.0900. The lowest BCUT2D eigenvalue weighted by Crippen LogP contribution is -2.44. The molecule has 2 aromatic carbocycles. The normalized spacial score (nSPS) is 15.8. The molecule has 0 unspecified atom stereocenters. The van der Waals surface area contributed by atoms with Crippen LogP contribution in [0.1, 0.15) is 75.6 Å². The Labute approximate surface area is 301 Å². The molecule has 0 aliphatic carbocycles. The van der Waals surface area contributed by atoms with Crippen molar-refractivity contribution in [2.75, 3.05) is 32.8 Å². The van der Waals surface area contributed by atoms with Gasteiger partial charge in [-0.3, -0.25) is 29.4 Å². The van der Waals surface area contributed by atoms with Crippen molar-refractivity contribution in [3.05, 3.63) is 124 Å². The highest BCUT2D eigenvalue weighted by atomic mass is 35.5. The number of carbonyl (C=O) groups is 2. The van der Waals surface area contributed by atoms with Crippen LogP contribution in [0.2, 0.25) is 5.02 Å². The molecule has 2 saturated heterocycles. The second kappa shape index (κ2) is 18.6. The predicted molar refractivity (Wildman–Crippen MR) is 199 cm³/mol. The molecule has 2 aliphatic rings. The Morgan fingerprint density at radius 2 is 1.22 bits per heavy atom. The van der Waals surface area contributed by atoms with Crippen LogP contribution in [0.4, 0.5) is 0 Å². The molecule has 0 spiro atoms. The minimum atomic E-state index is -0.0382. The van der Waals surface area contributed by atoms with E-state index in [-0.39, 0.29) is 23.9 Å². The predicted octanol–water partition coefficient (Wildman–Crippen LogP) is 6.62. The summed E-state index contributed by atoms with van der Waals surface area (Å²) in [5.74, 6) is 0.692. The number of halogens is 1. The number of carbonyl (C=O) groups excluding carboxylic acids is 2. The highest BCUT2D eigenvalue weighted by Gasteiger charge is 2.23. The number of hydrogen-bond acceptors (Lipinski definition) is 7. The second-order valence-corrected chi connectivity index (χ2v) is 13.6. The zero-order chi connectivity index (χ0) is 35.3. The quantitative estimate of drug-likeness (QED) is 0.192. The zero-order valence-corrected chi connectivity index (χ0v) is 30.2. The van der Waals surface area contributed by atoms with Gasteiger partial charge in [-0.1, -0.05) is 48.0 Å². The molecule has 4 heterocycles. The molecule has 2 amide bonds. The molecule has 10 heteroatoms. The van der Waals surface area contributed by atoms with Crippen LogP contribution in [0, 0.1) is 13.8 Å². The zero-order valence-electron chi connectivity index (χ0n) is 29.4. The van der Waals surface area contributed by atoms with Crippen LogP contribution in [-0.4, -0.2) is 76.5 Å². The van der Waals surface area contributed by atoms with E-state index in [0.717, 1.165) is 81.8 Å². The lowest BCUT2D eigenvalue weighted by atomic mass is 10.0. The van der Waals surface area contributed by atoms with Gasteiger partial charge in [0.25, 0.3) is 11.8 Å². The summed E-state index contributed by atoms with van der Waals surface area (Å²) < 4.78 is 5.57. The van der Waals surface area contributed by atoms with Gasteiger partial charge in [-0.05, 0) is 93.0 Å². The van der Waals surface area contributed by atoms with E-state index in [4.69, 9.17) is 16.3 Å². The maximum absolute atomic E-state index is 12.4. The third kappa shape index (κ3) is 11.4. The molecule has 0 radical (unpaired) electrons. The lowest BCUT2D eigenvalue weighted by Gasteiger charge is -2.32. The summed E-state index contributed by atoms with van der Waals surface area (Å²) in [6, 6.07) is 20.7. The Morgan fingerprint density at radius 1 is 0.720 bits per heavy atom. The smallest absolute Gasteiger partial charge is 0.253 e. The molecule has 2 aromatic heterocycles. The number of nitrogens with one attached hydrogen (secondary N) is 2. The summed E-state index contributed by atoms with van der Waals surface area (Å²) in [7, 11) is 0. The first-order chi connectivity index (χ1) is 24.2. The topological polar surface area (TPSA) is 99.7 Å². The Bertz CT molecular complexity index is 1690. The number of pyridine rings is 2. The third-order valence-corrected chi connectivity index (χ3v) is 9.38. The van der Waals surface area contributed by atoms with Gasteiger partial charge < -0.3 is 15.4 Å². The Morgan fingerprint density at radius 3 is 1.70 bits per heavy atom. The van der Waals surface area contributed by atoms with Crippen LogP contribution >= 0.6 is 11.6 Å². The van der Waals surface area contributed by atoms with Crippen LogP contribution in [0.15, 0.2) is 85.5 Å². The van der Waals surface area contributed by atoms with E-state index in [9.17, 15) is 9.59 Å². The SMILES string of the molecule is CCOc1cc(CN2CCC(NC(=O)c3cncc(C)c3)CC2)ccc1Cl.Cc1cncc(C(=O)NC2CCN(Cc3ccccc3)CC2)c1. The first-order valence-corrected chi connectivity index (χ1v) is 18.0. The first-order valence-electron chi connectivity index (χ1n) is 17.6. The fourth-order valence-electron chi connectivity index (χ4n) is 6.38. The van der Waals surface area contributed by atoms with Crippen molar-refractivity contribution in [3.8, 4) is 5.75 Å². The maximum atomic E-state index is 12.4. The minimum absolute atomic E-state index is 0.0114. The van der Waals surface area contributed by atoms with Crippen molar-refractivity contribution in [1.29, 1.82) is 0 Å². The molecular formula is C40H49ClN6O3. The molecule has 2 fully saturated rings. The molecule has 6 rings (SSSR count). The monoisotopic (exact) mass is 696 g/mol. The van der Waals surface area contributed by atoms with Crippen molar-refractivity contribution in [2.24, 2.45) is 0 Å². The van der Waals surface area contributed by atoms with Gasteiger partial charge in [0.2, 0.25) is 0 Å². The van der Waals surface area contributed by atoms with E-state index >= 15 is 0 Å². The molecule has 9 nitrogen and oxygen atoms in total. The molecule has 4 aromatic rings. The molecule has 0 saturated carbocycles. The van der Waals surface area contributed by atoms with Crippen molar-refractivity contribution >= 4 is 23.4 Å². The van der Waals surface area contributed by atoms with Gasteiger partial charge in [-0.2, -0.15) is 0 Å². The molecular weight excluding hydrogens is 648 g/mol. The highest BCUT2D eigenvalue weighted by molar-refractivity contribution is 6.32. The summed E-state index contributed by atoms with van der Waals surface area (Å²) in [6.07, 6.45) is 10.6. The van der Waals surface area contributed by atoms with E-state index in [2.05, 4.69) is 54.7 Å². The summed E-state index contributed by atoms with van der Waals surface area (Å²) in [5.41, 5.74) is 5.82. The molecule has 0 bridgehead atoms. The molecule has 0 atom stereocenters. The van der Waals surface area contributed by atoms with E-state index in [1.165, 1.54) is 11.1 Å². The Kier molecular flexibility index (Phi) is 13.8. The summed E-state index contributed by atoms with van der Waals surface area (Å²) >= 11 is 6.16. The van der Waals surface area contributed by atoms with Crippen LogP contribution in [0.3, 0.4) is 0 Å². The number of aryl methyl sites for hydroxylation is 2. The molecule has 2 aliphatic heterocycles. The average molecular weight is 697 g/mol. The second-order valence-electron chi connectivity index (χ2n) is 13.2. The average Bonchev–Trinajstić information content (AvgIpc) is 3.12. The number of ether oxygens (including phenoxy) is 1. The van der Waals surface area contributed by atoms with Gasteiger partial charge in [-0.15, -0.1) is 0 Å². The van der Waals surface area contributed by atoms with E-state index < -0.39 is 0 Å². The minimum Gasteiger partial charge on any atom is -0.492 e. The standard InChI is InChI=1S/C21H26ClN3O2.C19H23N3O/c1-3-27-20-11-16(4-5-19(20)22)14-25-8-6-18(7-9-25)24-21(26)17-10-15(2)12-23-13-17;1-15-11-17(13-20-12-15)19(23)21-18-7-9-22(10-8-18)14-16-5-3-2-4-6-16/h4-5,10-13,18H,3,6-9,14H2,1-2H3,(H,24,26);2-6,11-13,18H,7-10,14H2,1H3,(H,21,23). The van der Waals surface area contributed by atoms with E-state index in [0.29, 0.717) is 22.8 Å². The van der Waals surface area contributed by atoms with Crippen LogP contribution in [0.5, 0.6) is 5.75 Å². The highest BCUT2D eigenvalue weighted by Crippen LogP contribution is 2.27. The van der Waals surface area contributed by atoms with Gasteiger partial charge in [0.1, 0.15) is 5.75 Å². The maximum Gasteiger partial charge on any atom is 0.253 e. The number of rotatable bonds is 10. The molecule has 50 heavy (non-hydrogen) atoms. The number of aromatic nitrogens is 2. The van der Waals surface area contributed by atoms with E-state index in [1.807, 2.05) is 57.2 Å². The van der Waals surface area contributed by atoms with Crippen LogP contribution in [-0.2, 0) is 13.1 Å². The summed E-state index contributed by atoms with van der Waals surface area (Å²) in [4.78, 5) is 37.7. The number of amides is 2. The summed E-state index contributed by atoms with van der Waals surface area (Å²) in [5, 5.41) is 6.92. The van der Waals surface area contributed by atoms with E-state index in [1.54, 1.807) is 24.8 Å². The van der Waals surface area contributed by atoms with Crippen LogP contribution < -0.4 is 15.4 Å². The Hall–Kier alpha value is -4.31. The first kappa shape index (κ1) is 37.0. The number of likely N-dealkylation sites (tertiary alicyclic amines) is 2. The molecule has 264 valence electrons. The Balaban J connectivity index is 0.000000197. The fourth-order valence-corrected chi connectivity index (χ4v) is 6.55.